The number of benzene rings is 3. The van der Waals surface area contributed by atoms with E-state index in [1.807, 2.05) is 72.8 Å². The number of anilines is 2. The SMILES string of the molecule is O=C(Nc1ccc(NC(=S)NCCc2cc3ccccc3o2)cc1)Oc1nccc2ccccc12. The zero-order valence-electron chi connectivity index (χ0n) is 18.7. The van der Waals surface area contributed by atoms with Gasteiger partial charge in [-0.05, 0) is 66.1 Å². The number of aromatic nitrogens is 1. The van der Waals surface area contributed by atoms with E-state index >= 15 is 0 Å². The van der Waals surface area contributed by atoms with E-state index in [9.17, 15) is 4.79 Å². The number of nitrogens with one attached hydrogen (secondary N) is 3. The van der Waals surface area contributed by atoms with Crippen LogP contribution in [0.2, 0.25) is 0 Å². The minimum Gasteiger partial charge on any atom is -0.461 e. The number of hydrogen-bond acceptors (Lipinski definition) is 5. The number of fused-ring (bicyclic) bond motifs is 2. The molecule has 174 valence electrons. The summed E-state index contributed by atoms with van der Waals surface area (Å²) in [5.74, 6) is 1.17. The number of amides is 1. The van der Waals surface area contributed by atoms with Crippen molar-refractivity contribution in [3.8, 4) is 5.88 Å². The third kappa shape index (κ3) is 5.56. The summed E-state index contributed by atoms with van der Waals surface area (Å²) >= 11 is 5.38. The number of carbonyl (C=O) groups excluding carboxylic acids is 1. The molecule has 0 aliphatic carbocycles. The molecule has 1 amide bonds. The fourth-order valence-electron chi connectivity index (χ4n) is 3.68. The Kier molecular flexibility index (Phi) is 6.54. The molecule has 7 nitrogen and oxygen atoms in total. The van der Waals surface area contributed by atoms with Gasteiger partial charge in [-0.3, -0.25) is 5.32 Å². The molecular weight excluding hydrogens is 460 g/mol. The minimum atomic E-state index is -0.614. The molecule has 35 heavy (non-hydrogen) atoms. The van der Waals surface area contributed by atoms with Crippen LogP contribution in [0.4, 0.5) is 16.2 Å². The zero-order chi connectivity index (χ0) is 24.0. The molecule has 0 saturated carbocycles. The molecule has 2 heterocycles. The highest BCUT2D eigenvalue weighted by Crippen LogP contribution is 2.23. The smallest absolute Gasteiger partial charge is 0.418 e. The summed E-state index contributed by atoms with van der Waals surface area (Å²) < 4.78 is 11.2. The Morgan fingerprint density at radius 2 is 1.60 bits per heavy atom. The molecule has 0 atom stereocenters. The highest BCUT2D eigenvalue weighted by Gasteiger charge is 2.10. The summed E-state index contributed by atoms with van der Waals surface area (Å²) in [6.45, 7) is 0.638. The maximum absolute atomic E-state index is 12.4. The molecule has 0 aliphatic rings. The Labute approximate surface area is 207 Å². The van der Waals surface area contributed by atoms with Gasteiger partial charge in [-0.1, -0.05) is 36.4 Å². The van der Waals surface area contributed by atoms with Crippen molar-refractivity contribution < 1.29 is 13.9 Å². The van der Waals surface area contributed by atoms with E-state index in [4.69, 9.17) is 21.4 Å². The summed E-state index contributed by atoms with van der Waals surface area (Å²) in [5, 5.41) is 12.3. The molecule has 8 heteroatoms. The normalized spacial score (nSPS) is 10.7. The van der Waals surface area contributed by atoms with Crippen LogP contribution < -0.4 is 20.7 Å². The van der Waals surface area contributed by atoms with Crippen LogP contribution in [0.25, 0.3) is 21.7 Å². The summed E-state index contributed by atoms with van der Waals surface area (Å²) in [4.78, 5) is 16.5. The lowest BCUT2D eigenvalue weighted by atomic mass is 10.2. The van der Waals surface area contributed by atoms with Gasteiger partial charge in [0, 0.05) is 41.3 Å². The fraction of sp³-hybridized carbons (Fsp3) is 0.0741. The average molecular weight is 483 g/mol. The molecule has 0 bridgehead atoms. The van der Waals surface area contributed by atoms with Crippen molar-refractivity contribution in [2.75, 3.05) is 17.2 Å². The number of hydrogen-bond donors (Lipinski definition) is 3. The predicted octanol–water partition coefficient (Wildman–Crippen LogP) is 6.12. The van der Waals surface area contributed by atoms with Gasteiger partial charge < -0.3 is 19.8 Å². The van der Waals surface area contributed by atoms with Crippen molar-refractivity contribution in [3.05, 3.63) is 96.9 Å². The van der Waals surface area contributed by atoms with Gasteiger partial charge >= 0.3 is 6.09 Å². The first-order chi connectivity index (χ1) is 17.1. The van der Waals surface area contributed by atoms with Crippen molar-refractivity contribution in [1.82, 2.24) is 10.3 Å². The molecule has 5 rings (SSSR count). The van der Waals surface area contributed by atoms with Crippen LogP contribution >= 0.6 is 12.2 Å². The van der Waals surface area contributed by atoms with Crippen LogP contribution in [0.5, 0.6) is 5.88 Å². The zero-order valence-corrected chi connectivity index (χ0v) is 19.5. The molecule has 3 N–H and O–H groups in total. The highest BCUT2D eigenvalue weighted by atomic mass is 32.1. The Morgan fingerprint density at radius 1 is 0.886 bits per heavy atom. The van der Waals surface area contributed by atoms with Gasteiger partial charge in [0.1, 0.15) is 11.3 Å². The van der Waals surface area contributed by atoms with Gasteiger partial charge in [-0.25, -0.2) is 9.78 Å². The Bertz CT molecular complexity index is 1460. The molecule has 0 aliphatic heterocycles. The molecule has 5 aromatic rings. The van der Waals surface area contributed by atoms with E-state index in [1.54, 1.807) is 18.3 Å². The van der Waals surface area contributed by atoms with Gasteiger partial charge in [-0.15, -0.1) is 0 Å². The van der Waals surface area contributed by atoms with Crippen LogP contribution in [0.1, 0.15) is 5.76 Å². The Morgan fingerprint density at radius 3 is 2.40 bits per heavy atom. The van der Waals surface area contributed by atoms with Crippen molar-refractivity contribution in [3.63, 3.8) is 0 Å². The predicted molar refractivity (Wildman–Crippen MR) is 142 cm³/mol. The number of rotatable bonds is 6. The van der Waals surface area contributed by atoms with Gasteiger partial charge in [-0.2, -0.15) is 0 Å². The lowest BCUT2D eigenvalue weighted by Gasteiger charge is -2.11. The van der Waals surface area contributed by atoms with E-state index in [0.29, 0.717) is 23.8 Å². The lowest BCUT2D eigenvalue weighted by Crippen LogP contribution is -2.30. The van der Waals surface area contributed by atoms with Gasteiger partial charge in [0.25, 0.3) is 0 Å². The summed E-state index contributed by atoms with van der Waals surface area (Å²) in [6.07, 6.45) is 1.71. The van der Waals surface area contributed by atoms with E-state index in [0.717, 1.165) is 33.2 Å². The van der Waals surface area contributed by atoms with Crippen molar-refractivity contribution >= 4 is 56.5 Å². The summed E-state index contributed by atoms with van der Waals surface area (Å²) in [5.41, 5.74) is 2.26. The summed E-state index contributed by atoms with van der Waals surface area (Å²) in [6, 6.07) is 26.6. The molecule has 0 radical (unpaired) electrons. The van der Waals surface area contributed by atoms with Crippen LogP contribution in [0, 0.1) is 0 Å². The first-order valence-corrected chi connectivity index (χ1v) is 11.5. The lowest BCUT2D eigenvalue weighted by molar-refractivity contribution is 0.214. The number of carbonyl (C=O) groups is 1. The largest absolute Gasteiger partial charge is 0.461 e. The first kappa shape index (κ1) is 22.4. The third-order valence-electron chi connectivity index (χ3n) is 5.35. The number of para-hydroxylation sites is 1. The maximum atomic E-state index is 12.4. The van der Waals surface area contributed by atoms with Crippen molar-refractivity contribution in [1.29, 1.82) is 0 Å². The van der Waals surface area contributed by atoms with Crippen molar-refractivity contribution in [2.45, 2.75) is 6.42 Å². The Balaban J connectivity index is 1.10. The molecule has 0 saturated heterocycles. The number of furan rings is 1. The number of ether oxygens (including phenoxy) is 1. The van der Waals surface area contributed by atoms with Gasteiger partial charge in [0.05, 0.1) is 0 Å². The standard InChI is InChI=1S/C27H22N4O3S/c32-27(34-25-23-7-3-1-5-18(23)13-15-28-25)31-21-11-9-20(10-12-21)30-26(35)29-16-14-22-17-19-6-2-4-8-24(19)33-22/h1-13,15,17H,14,16H2,(H,31,32)(H2,29,30,35). The van der Waals surface area contributed by atoms with Crippen molar-refractivity contribution in [2.24, 2.45) is 0 Å². The fourth-order valence-corrected chi connectivity index (χ4v) is 3.90. The van der Waals surface area contributed by atoms with Crippen LogP contribution in [0.15, 0.2) is 95.5 Å². The molecule has 0 unspecified atom stereocenters. The van der Waals surface area contributed by atoms with Crippen LogP contribution in [-0.2, 0) is 6.42 Å². The van der Waals surface area contributed by atoms with Crippen LogP contribution in [-0.4, -0.2) is 22.7 Å². The number of pyridine rings is 1. The molecule has 0 spiro atoms. The average Bonchev–Trinajstić information content (AvgIpc) is 3.28. The summed E-state index contributed by atoms with van der Waals surface area (Å²) in [7, 11) is 0. The quantitative estimate of drug-likeness (QED) is 0.251. The van der Waals surface area contributed by atoms with Crippen LogP contribution in [0.3, 0.4) is 0 Å². The topological polar surface area (TPSA) is 88.4 Å². The van der Waals surface area contributed by atoms with E-state index < -0.39 is 6.09 Å². The second kappa shape index (κ2) is 10.2. The number of nitrogens with zero attached hydrogens (tertiary/aromatic N) is 1. The monoisotopic (exact) mass is 482 g/mol. The molecule has 2 aromatic heterocycles. The van der Waals surface area contributed by atoms with Gasteiger partial charge in [0.2, 0.25) is 5.88 Å². The van der Waals surface area contributed by atoms with Gasteiger partial charge in [0.15, 0.2) is 5.11 Å². The van der Waals surface area contributed by atoms with E-state index in [-0.39, 0.29) is 5.88 Å². The maximum Gasteiger partial charge on any atom is 0.418 e. The van der Waals surface area contributed by atoms with E-state index in [2.05, 4.69) is 20.9 Å². The first-order valence-electron chi connectivity index (χ1n) is 11.1. The second-order valence-electron chi connectivity index (χ2n) is 7.81. The minimum absolute atomic E-state index is 0.262. The third-order valence-corrected chi connectivity index (χ3v) is 5.60. The Hall–Kier alpha value is -4.43. The molecular formula is C27H22N4O3S. The van der Waals surface area contributed by atoms with E-state index in [1.165, 1.54) is 0 Å². The highest BCUT2D eigenvalue weighted by molar-refractivity contribution is 7.80. The number of thiocarbonyl (C=S) groups is 1. The molecule has 0 fully saturated rings. The molecule has 3 aromatic carbocycles. The second-order valence-corrected chi connectivity index (χ2v) is 8.22.